The van der Waals surface area contributed by atoms with Gasteiger partial charge in [0.2, 0.25) is 0 Å². The van der Waals surface area contributed by atoms with Crippen LogP contribution in [-0.2, 0) is 6.54 Å². The summed E-state index contributed by atoms with van der Waals surface area (Å²) in [7, 11) is 0. The normalized spacial score (nSPS) is 12.0. The van der Waals surface area contributed by atoms with Gasteiger partial charge >= 0.3 is 0 Å². The van der Waals surface area contributed by atoms with Crippen LogP contribution in [-0.4, -0.2) is 14.9 Å². The van der Waals surface area contributed by atoms with E-state index in [1.165, 1.54) is 0 Å². The smallest absolute Gasteiger partial charge is 0.171 e. The maximum atomic E-state index is 6.12. The molecule has 4 nitrogen and oxygen atoms in total. The molecule has 1 aromatic heterocycles. The number of rotatable bonds is 4. The quantitative estimate of drug-likeness (QED) is 0.787. The van der Waals surface area contributed by atoms with Gasteiger partial charge in [-0.25, -0.2) is 0 Å². The molecule has 7 heteroatoms. The van der Waals surface area contributed by atoms with Crippen molar-refractivity contribution in [2.75, 3.05) is 5.32 Å². The summed E-state index contributed by atoms with van der Waals surface area (Å²) in [6, 6.07) is 5.24. The third kappa shape index (κ3) is 3.91. The molecule has 118 valence electrons. The fourth-order valence-corrected chi connectivity index (χ4v) is 2.85. The lowest BCUT2D eigenvalue weighted by Gasteiger charge is -2.17. The summed E-state index contributed by atoms with van der Waals surface area (Å²) >= 11 is 17.4. The average Bonchev–Trinajstić information content (AvgIpc) is 2.83. The lowest BCUT2D eigenvalue weighted by Crippen LogP contribution is -2.31. The zero-order valence-electron chi connectivity index (χ0n) is 12.7. The average molecular weight is 357 g/mol. The van der Waals surface area contributed by atoms with Crippen LogP contribution in [0.1, 0.15) is 31.1 Å². The van der Waals surface area contributed by atoms with Gasteiger partial charge in [-0.05, 0) is 51.2 Å². The molecule has 0 aliphatic rings. The Bertz CT molecular complexity index is 684. The van der Waals surface area contributed by atoms with Crippen LogP contribution < -0.4 is 10.6 Å². The Balaban J connectivity index is 2.05. The van der Waals surface area contributed by atoms with E-state index in [-0.39, 0.29) is 6.04 Å². The van der Waals surface area contributed by atoms with Crippen LogP contribution in [0.2, 0.25) is 10.0 Å². The van der Waals surface area contributed by atoms with Crippen molar-refractivity contribution in [3.05, 3.63) is 45.7 Å². The van der Waals surface area contributed by atoms with Crippen molar-refractivity contribution in [1.29, 1.82) is 0 Å². The van der Waals surface area contributed by atoms with Crippen molar-refractivity contribution in [2.24, 2.45) is 0 Å². The van der Waals surface area contributed by atoms with E-state index in [0.29, 0.717) is 20.8 Å². The molecule has 22 heavy (non-hydrogen) atoms. The fourth-order valence-electron chi connectivity index (χ4n) is 2.23. The molecule has 2 aromatic rings. The maximum Gasteiger partial charge on any atom is 0.171 e. The van der Waals surface area contributed by atoms with Gasteiger partial charge in [0.1, 0.15) is 0 Å². The van der Waals surface area contributed by atoms with E-state index < -0.39 is 0 Å². The van der Waals surface area contributed by atoms with Crippen LogP contribution in [0.15, 0.2) is 24.4 Å². The number of thiocarbonyl (C=S) groups is 1. The van der Waals surface area contributed by atoms with Crippen molar-refractivity contribution in [3.63, 3.8) is 0 Å². The van der Waals surface area contributed by atoms with Gasteiger partial charge in [0.15, 0.2) is 5.11 Å². The Morgan fingerprint density at radius 2 is 2.14 bits per heavy atom. The molecular weight excluding hydrogens is 339 g/mol. The second kappa shape index (κ2) is 7.31. The second-order valence-corrected chi connectivity index (χ2v) is 6.20. The Morgan fingerprint density at radius 3 is 2.77 bits per heavy atom. The van der Waals surface area contributed by atoms with Crippen molar-refractivity contribution in [1.82, 2.24) is 15.1 Å². The summed E-state index contributed by atoms with van der Waals surface area (Å²) in [5, 5.41) is 12.3. The van der Waals surface area contributed by atoms with Crippen molar-refractivity contribution in [3.8, 4) is 0 Å². The number of anilines is 1. The molecule has 2 rings (SSSR count). The molecule has 0 aliphatic heterocycles. The third-order valence-electron chi connectivity index (χ3n) is 3.43. The molecule has 1 atom stereocenters. The van der Waals surface area contributed by atoms with E-state index in [2.05, 4.69) is 22.7 Å². The summed E-state index contributed by atoms with van der Waals surface area (Å²) in [5.41, 5.74) is 2.93. The molecule has 1 heterocycles. The van der Waals surface area contributed by atoms with Gasteiger partial charge in [-0.15, -0.1) is 0 Å². The van der Waals surface area contributed by atoms with E-state index in [4.69, 9.17) is 35.4 Å². The van der Waals surface area contributed by atoms with Crippen LogP contribution in [0.25, 0.3) is 0 Å². The van der Waals surface area contributed by atoms with Gasteiger partial charge in [0, 0.05) is 22.8 Å². The lowest BCUT2D eigenvalue weighted by molar-refractivity contribution is 0.633. The predicted octanol–water partition coefficient (Wildman–Crippen LogP) is 4.57. The standard InChI is InChI=1S/C15H18Cl2N4S/c1-4-21-10(3)12(8-18-21)9(2)19-15(22)20-14-7-11(16)5-6-13(14)17/h5-9H,4H2,1-3H3,(H2,19,20,22). The monoisotopic (exact) mass is 356 g/mol. The highest BCUT2D eigenvalue weighted by Crippen LogP contribution is 2.25. The maximum absolute atomic E-state index is 6.12. The number of aromatic nitrogens is 2. The molecule has 0 radical (unpaired) electrons. The van der Waals surface area contributed by atoms with E-state index in [9.17, 15) is 0 Å². The highest BCUT2D eigenvalue weighted by atomic mass is 35.5. The highest BCUT2D eigenvalue weighted by Gasteiger charge is 2.14. The van der Waals surface area contributed by atoms with E-state index in [0.717, 1.165) is 17.8 Å². The first-order chi connectivity index (χ1) is 10.4. The minimum absolute atomic E-state index is 0.0401. The van der Waals surface area contributed by atoms with Gasteiger partial charge in [-0.2, -0.15) is 5.10 Å². The first kappa shape index (κ1) is 17.1. The molecule has 1 unspecified atom stereocenters. The van der Waals surface area contributed by atoms with E-state index in [1.54, 1.807) is 18.2 Å². The number of nitrogens with one attached hydrogen (secondary N) is 2. The Kier molecular flexibility index (Phi) is 5.67. The van der Waals surface area contributed by atoms with Gasteiger partial charge in [0.05, 0.1) is 22.9 Å². The summed E-state index contributed by atoms with van der Waals surface area (Å²) in [5.74, 6) is 0. The Hall–Kier alpha value is -1.30. The predicted molar refractivity (Wildman–Crippen MR) is 96.9 cm³/mol. The zero-order chi connectivity index (χ0) is 16.3. The van der Waals surface area contributed by atoms with E-state index >= 15 is 0 Å². The Morgan fingerprint density at radius 1 is 1.41 bits per heavy atom. The van der Waals surface area contributed by atoms with Gasteiger partial charge in [-0.1, -0.05) is 23.2 Å². The SMILES string of the molecule is CCn1ncc(C(C)NC(=S)Nc2cc(Cl)ccc2Cl)c1C. The van der Waals surface area contributed by atoms with E-state index in [1.807, 2.05) is 24.7 Å². The van der Waals surface area contributed by atoms with Crippen molar-refractivity contribution in [2.45, 2.75) is 33.4 Å². The number of aryl methyl sites for hydroxylation is 1. The minimum atomic E-state index is 0.0401. The summed E-state index contributed by atoms with van der Waals surface area (Å²) in [6.07, 6.45) is 1.87. The molecule has 0 bridgehead atoms. The van der Waals surface area contributed by atoms with Crippen molar-refractivity contribution >= 4 is 46.2 Å². The zero-order valence-corrected chi connectivity index (χ0v) is 15.0. The molecular formula is C15H18Cl2N4S. The van der Waals surface area contributed by atoms with Crippen LogP contribution in [0.4, 0.5) is 5.69 Å². The number of halogens is 2. The molecule has 2 N–H and O–H groups in total. The second-order valence-electron chi connectivity index (χ2n) is 4.95. The van der Waals surface area contributed by atoms with Gasteiger partial charge in [-0.3, -0.25) is 4.68 Å². The summed E-state index contributed by atoms with van der Waals surface area (Å²) in [4.78, 5) is 0. The van der Waals surface area contributed by atoms with Crippen molar-refractivity contribution < 1.29 is 0 Å². The molecule has 0 amide bonds. The number of hydrogen-bond acceptors (Lipinski definition) is 2. The molecule has 0 spiro atoms. The Labute approximate surface area is 145 Å². The summed E-state index contributed by atoms with van der Waals surface area (Å²) in [6.45, 7) is 7.00. The number of hydrogen-bond donors (Lipinski definition) is 2. The largest absolute Gasteiger partial charge is 0.356 e. The van der Waals surface area contributed by atoms with Crippen LogP contribution in [0.5, 0.6) is 0 Å². The van der Waals surface area contributed by atoms with Crippen LogP contribution in [0, 0.1) is 6.92 Å². The van der Waals surface area contributed by atoms with Gasteiger partial charge < -0.3 is 10.6 Å². The molecule has 1 aromatic carbocycles. The topological polar surface area (TPSA) is 41.9 Å². The lowest BCUT2D eigenvalue weighted by atomic mass is 10.1. The summed E-state index contributed by atoms with van der Waals surface area (Å²) < 4.78 is 1.96. The number of benzene rings is 1. The first-order valence-electron chi connectivity index (χ1n) is 6.97. The number of nitrogens with zero attached hydrogens (tertiary/aromatic N) is 2. The van der Waals surface area contributed by atoms with Gasteiger partial charge in [0.25, 0.3) is 0 Å². The van der Waals surface area contributed by atoms with Crippen LogP contribution in [0.3, 0.4) is 0 Å². The third-order valence-corrected chi connectivity index (χ3v) is 4.22. The molecule has 0 aliphatic carbocycles. The first-order valence-corrected chi connectivity index (χ1v) is 8.13. The fraction of sp³-hybridized carbons (Fsp3) is 0.333. The molecule has 0 fully saturated rings. The molecule has 0 saturated carbocycles. The van der Waals surface area contributed by atoms with Crippen LogP contribution >= 0.6 is 35.4 Å². The highest BCUT2D eigenvalue weighted by molar-refractivity contribution is 7.80. The molecule has 0 saturated heterocycles. The minimum Gasteiger partial charge on any atom is -0.356 e.